The SMILES string of the molecule is CC(C)n1ncc2cc(NC(=O)C3CC3c3cccc(Br)c3)cnc21. The number of pyridine rings is 1. The van der Waals surface area contributed by atoms with Crippen molar-refractivity contribution in [1.82, 2.24) is 14.8 Å². The van der Waals surface area contributed by atoms with E-state index in [9.17, 15) is 4.79 Å². The van der Waals surface area contributed by atoms with Gasteiger partial charge < -0.3 is 5.32 Å². The highest BCUT2D eigenvalue weighted by molar-refractivity contribution is 9.10. The molecule has 0 spiro atoms. The predicted molar refractivity (Wildman–Crippen MR) is 102 cm³/mol. The molecule has 25 heavy (non-hydrogen) atoms. The van der Waals surface area contributed by atoms with Crippen LogP contribution in [0.1, 0.15) is 37.8 Å². The summed E-state index contributed by atoms with van der Waals surface area (Å²) in [6, 6.07) is 10.4. The zero-order valence-corrected chi connectivity index (χ0v) is 15.7. The highest BCUT2D eigenvalue weighted by atomic mass is 79.9. The molecule has 2 atom stereocenters. The molecule has 2 heterocycles. The van der Waals surface area contributed by atoms with Gasteiger partial charge in [0.1, 0.15) is 0 Å². The fourth-order valence-corrected chi connectivity index (χ4v) is 3.63. The maximum absolute atomic E-state index is 12.5. The summed E-state index contributed by atoms with van der Waals surface area (Å²) in [5.74, 6) is 0.392. The Labute approximate surface area is 154 Å². The Bertz CT molecular complexity index is 950. The second-order valence-electron chi connectivity index (χ2n) is 6.81. The molecule has 1 aliphatic rings. The van der Waals surface area contributed by atoms with Crippen LogP contribution in [0.5, 0.6) is 0 Å². The number of nitrogens with zero attached hydrogens (tertiary/aromatic N) is 3. The summed E-state index contributed by atoms with van der Waals surface area (Å²) in [6.07, 6.45) is 4.39. The summed E-state index contributed by atoms with van der Waals surface area (Å²) in [7, 11) is 0. The molecule has 1 fully saturated rings. The van der Waals surface area contributed by atoms with Crippen LogP contribution in [0.4, 0.5) is 5.69 Å². The molecular weight excluding hydrogens is 380 g/mol. The summed E-state index contributed by atoms with van der Waals surface area (Å²) < 4.78 is 2.93. The van der Waals surface area contributed by atoms with Gasteiger partial charge in [0.15, 0.2) is 5.65 Å². The maximum atomic E-state index is 12.5. The van der Waals surface area contributed by atoms with Crippen molar-refractivity contribution in [3.8, 4) is 0 Å². The highest BCUT2D eigenvalue weighted by Crippen LogP contribution is 2.48. The van der Waals surface area contributed by atoms with Gasteiger partial charge in [0.05, 0.1) is 18.1 Å². The molecule has 6 heteroatoms. The van der Waals surface area contributed by atoms with Gasteiger partial charge >= 0.3 is 0 Å². The lowest BCUT2D eigenvalue weighted by atomic mass is 10.1. The van der Waals surface area contributed by atoms with E-state index in [1.54, 1.807) is 12.4 Å². The molecule has 1 saturated carbocycles. The lowest BCUT2D eigenvalue weighted by molar-refractivity contribution is -0.117. The van der Waals surface area contributed by atoms with Gasteiger partial charge in [-0.15, -0.1) is 0 Å². The lowest BCUT2D eigenvalue weighted by Gasteiger charge is -2.08. The monoisotopic (exact) mass is 398 g/mol. The molecule has 1 aliphatic carbocycles. The average molecular weight is 399 g/mol. The molecule has 4 rings (SSSR count). The molecule has 0 aliphatic heterocycles. The van der Waals surface area contributed by atoms with Crippen molar-refractivity contribution >= 4 is 38.6 Å². The van der Waals surface area contributed by atoms with Crippen molar-refractivity contribution in [2.75, 3.05) is 5.32 Å². The molecule has 5 nitrogen and oxygen atoms in total. The van der Waals surface area contributed by atoms with Gasteiger partial charge in [0.2, 0.25) is 5.91 Å². The molecule has 1 N–H and O–H groups in total. The van der Waals surface area contributed by atoms with Crippen LogP contribution in [0.15, 0.2) is 47.2 Å². The van der Waals surface area contributed by atoms with E-state index in [1.807, 2.05) is 22.9 Å². The van der Waals surface area contributed by atoms with Crippen LogP contribution in [0.3, 0.4) is 0 Å². The van der Waals surface area contributed by atoms with E-state index >= 15 is 0 Å². The first-order chi connectivity index (χ1) is 12.0. The second kappa shape index (κ2) is 6.26. The minimum Gasteiger partial charge on any atom is -0.324 e. The number of aromatic nitrogens is 3. The third kappa shape index (κ3) is 3.18. The summed E-state index contributed by atoms with van der Waals surface area (Å²) >= 11 is 3.49. The van der Waals surface area contributed by atoms with Crippen LogP contribution < -0.4 is 5.32 Å². The standard InChI is InChI=1S/C19H19BrN4O/c1-11(2)24-18-13(9-22-24)7-15(10-21-18)23-19(25)17-8-16(17)12-4-3-5-14(20)6-12/h3-7,9-11,16-17H,8H2,1-2H3,(H,23,25). The van der Waals surface area contributed by atoms with E-state index in [0.717, 1.165) is 27.6 Å². The minimum atomic E-state index is 0.0309. The number of amides is 1. The number of hydrogen-bond donors (Lipinski definition) is 1. The fourth-order valence-electron chi connectivity index (χ4n) is 3.21. The Balaban J connectivity index is 1.47. The summed E-state index contributed by atoms with van der Waals surface area (Å²) in [6.45, 7) is 4.14. The third-order valence-corrected chi connectivity index (χ3v) is 5.09. The van der Waals surface area contributed by atoms with Crippen molar-refractivity contribution in [1.29, 1.82) is 0 Å². The van der Waals surface area contributed by atoms with E-state index in [2.05, 4.69) is 57.3 Å². The molecule has 0 radical (unpaired) electrons. The highest BCUT2D eigenvalue weighted by Gasteiger charge is 2.44. The van der Waals surface area contributed by atoms with E-state index in [4.69, 9.17) is 0 Å². The Morgan fingerprint density at radius 2 is 2.16 bits per heavy atom. The zero-order valence-electron chi connectivity index (χ0n) is 14.1. The number of carbonyl (C=O) groups excluding carboxylic acids is 1. The Hall–Kier alpha value is -2.21. The number of benzene rings is 1. The van der Waals surface area contributed by atoms with E-state index in [0.29, 0.717) is 5.92 Å². The normalized spacial score (nSPS) is 19.4. The number of anilines is 1. The predicted octanol–water partition coefficient (Wildman–Crippen LogP) is 4.52. The first-order valence-corrected chi connectivity index (χ1v) is 9.22. The van der Waals surface area contributed by atoms with Crippen LogP contribution in [-0.2, 0) is 4.79 Å². The molecule has 2 unspecified atom stereocenters. The smallest absolute Gasteiger partial charge is 0.228 e. The van der Waals surface area contributed by atoms with Crippen molar-refractivity contribution in [3.05, 3.63) is 52.8 Å². The Kier molecular flexibility index (Phi) is 4.07. The maximum Gasteiger partial charge on any atom is 0.228 e. The summed E-state index contributed by atoms with van der Waals surface area (Å²) in [4.78, 5) is 17.0. The van der Waals surface area contributed by atoms with Gasteiger partial charge in [-0.3, -0.25) is 4.79 Å². The molecule has 0 saturated heterocycles. The Morgan fingerprint density at radius 1 is 1.32 bits per heavy atom. The number of hydrogen-bond acceptors (Lipinski definition) is 3. The van der Waals surface area contributed by atoms with Crippen LogP contribution >= 0.6 is 15.9 Å². The van der Waals surface area contributed by atoms with E-state index in [-0.39, 0.29) is 17.9 Å². The molecular formula is C19H19BrN4O. The van der Waals surface area contributed by atoms with Gasteiger partial charge in [0.25, 0.3) is 0 Å². The third-order valence-electron chi connectivity index (χ3n) is 4.59. The van der Waals surface area contributed by atoms with E-state index in [1.165, 1.54) is 5.56 Å². The van der Waals surface area contributed by atoms with Gasteiger partial charge in [-0.1, -0.05) is 28.1 Å². The molecule has 2 aromatic heterocycles. The van der Waals surface area contributed by atoms with Crippen molar-refractivity contribution in [2.24, 2.45) is 5.92 Å². The number of rotatable bonds is 4. The molecule has 128 valence electrons. The fraction of sp³-hybridized carbons (Fsp3) is 0.316. The van der Waals surface area contributed by atoms with Gasteiger partial charge in [-0.25, -0.2) is 9.67 Å². The quantitative estimate of drug-likeness (QED) is 0.702. The van der Waals surface area contributed by atoms with Crippen molar-refractivity contribution in [2.45, 2.75) is 32.2 Å². The van der Waals surface area contributed by atoms with Crippen LogP contribution in [-0.4, -0.2) is 20.7 Å². The van der Waals surface area contributed by atoms with Crippen LogP contribution in [0.2, 0.25) is 0 Å². The number of nitrogens with one attached hydrogen (secondary N) is 1. The zero-order chi connectivity index (χ0) is 17.6. The van der Waals surface area contributed by atoms with Crippen molar-refractivity contribution in [3.63, 3.8) is 0 Å². The number of halogens is 1. The molecule has 0 bridgehead atoms. The largest absolute Gasteiger partial charge is 0.324 e. The molecule has 1 aromatic carbocycles. The van der Waals surface area contributed by atoms with Crippen LogP contribution in [0.25, 0.3) is 11.0 Å². The minimum absolute atomic E-state index is 0.0309. The van der Waals surface area contributed by atoms with Gasteiger partial charge in [0, 0.05) is 21.8 Å². The lowest BCUT2D eigenvalue weighted by Crippen LogP contribution is -2.14. The number of fused-ring (bicyclic) bond motifs is 1. The Morgan fingerprint density at radius 3 is 2.92 bits per heavy atom. The first-order valence-electron chi connectivity index (χ1n) is 8.42. The van der Waals surface area contributed by atoms with Crippen molar-refractivity contribution < 1.29 is 4.79 Å². The summed E-state index contributed by atoms with van der Waals surface area (Å²) in [5.41, 5.74) is 2.77. The second-order valence-corrected chi connectivity index (χ2v) is 7.73. The van der Waals surface area contributed by atoms with Gasteiger partial charge in [-0.2, -0.15) is 5.10 Å². The summed E-state index contributed by atoms with van der Waals surface area (Å²) in [5, 5.41) is 8.29. The van der Waals surface area contributed by atoms with Gasteiger partial charge in [-0.05, 0) is 49.9 Å². The molecule has 3 aromatic rings. The number of carbonyl (C=O) groups is 1. The molecule has 1 amide bonds. The van der Waals surface area contributed by atoms with Crippen LogP contribution in [0, 0.1) is 5.92 Å². The van der Waals surface area contributed by atoms with E-state index < -0.39 is 0 Å². The first kappa shape index (κ1) is 16.3. The average Bonchev–Trinajstić information content (AvgIpc) is 3.27. The topological polar surface area (TPSA) is 59.8 Å².